The van der Waals surface area contributed by atoms with Gasteiger partial charge in [0, 0.05) is 11.3 Å². The molecule has 0 bridgehead atoms. The van der Waals surface area contributed by atoms with Crippen LogP contribution in [0.3, 0.4) is 0 Å². The van der Waals surface area contributed by atoms with Gasteiger partial charge in [-0.1, -0.05) is 12.2 Å². The number of nitrogens with one attached hydrogen (secondary N) is 1. The number of amides is 2. The Morgan fingerprint density at radius 1 is 1.24 bits per heavy atom. The molecule has 1 aromatic carbocycles. The van der Waals surface area contributed by atoms with Gasteiger partial charge in [0.05, 0.1) is 18.7 Å². The fraction of sp³-hybridized carbons (Fsp3) is 0.250. The summed E-state index contributed by atoms with van der Waals surface area (Å²) < 4.78 is 38.6. The van der Waals surface area contributed by atoms with Gasteiger partial charge in [-0.2, -0.15) is 13.2 Å². The number of rotatable bonds is 2. The molecular formula is C12H10F3N3O2S. The minimum absolute atomic E-state index is 0.131. The first-order valence-electron chi connectivity index (χ1n) is 5.77. The average molecular weight is 317 g/mol. The van der Waals surface area contributed by atoms with Crippen LogP contribution in [0.15, 0.2) is 18.2 Å². The summed E-state index contributed by atoms with van der Waals surface area (Å²) in [6, 6.07) is 3.15. The summed E-state index contributed by atoms with van der Waals surface area (Å²) >= 11 is 4.64. The number of piperazine rings is 1. The molecule has 3 N–H and O–H groups in total. The van der Waals surface area contributed by atoms with Crippen molar-refractivity contribution in [3.63, 3.8) is 0 Å². The monoisotopic (exact) mass is 317 g/mol. The Kier molecular flexibility index (Phi) is 3.86. The SMILES string of the molecule is NC(=S)c1cc(N2CC(=O)NC(=O)C2)ccc1C(F)(F)F. The lowest BCUT2D eigenvalue weighted by molar-refractivity contribution is -0.137. The molecule has 1 fully saturated rings. The van der Waals surface area contributed by atoms with Gasteiger partial charge >= 0.3 is 6.18 Å². The van der Waals surface area contributed by atoms with E-state index in [1.807, 2.05) is 0 Å². The topological polar surface area (TPSA) is 75.4 Å². The zero-order valence-electron chi connectivity index (χ0n) is 10.5. The molecule has 112 valence electrons. The standard InChI is InChI=1S/C12H10F3N3O2S/c13-12(14,15)8-2-1-6(3-7(8)11(16)21)18-4-9(19)17-10(20)5-18/h1-3H,4-5H2,(H2,16,21)(H,17,19,20). The van der Waals surface area contributed by atoms with Gasteiger partial charge in [-0.25, -0.2) is 0 Å². The second-order valence-corrected chi connectivity index (χ2v) is 4.86. The Balaban J connectivity index is 2.43. The number of alkyl halides is 3. The maximum atomic E-state index is 12.9. The Hall–Kier alpha value is -2.16. The van der Waals surface area contributed by atoms with Gasteiger partial charge in [-0.3, -0.25) is 14.9 Å². The van der Waals surface area contributed by atoms with E-state index in [-0.39, 0.29) is 24.3 Å². The van der Waals surface area contributed by atoms with Gasteiger partial charge < -0.3 is 10.6 Å². The highest BCUT2D eigenvalue weighted by Crippen LogP contribution is 2.34. The van der Waals surface area contributed by atoms with Crippen molar-refractivity contribution < 1.29 is 22.8 Å². The van der Waals surface area contributed by atoms with Crippen LogP contribution < -0.4 is 16.0 Å². The number of thiocarbonyl (C=S) groups is 1. The number of hydrogen-bond donors (Lipinski definition) is 2. The molecule has 0 aromatic heterocycles. The second-order valence-electron chi connectivity index (χ2n) is 4.42. The summed E-state index contributed by atoms with van der Waals surface area (Å²) in [7, 11) is 0. The highest BCUT2D eigenvalue weighted by Gasteiger charge is 2.34. The van der Waals surface area contributed by atoms with Gasteiger partial charge in [0.2, 0.25) is 11.8 Å². The van der Waals surface area contributed by atoms with Crippen LogP contribution in [0.2, 0.25) is 0 Å². The summed E-state index contributed by atoms with van der Waals surface area (Å²) in [6.45, 7) is -0.262. The van der Waals surface area contributed by atoms with E-state index in [1.54, 1.807) is 0 Å². The number of carbonyl (C=O) groups excluding carboxylic acids is 2. The molecule has 1 aliphatic rings. The van der Waals surface area contributed by atoms with Crippen LogP contribution in [0.1, 0.15) is 11.1 Å². The Morgan fingerprint density at radius 3 is 2.29 bits per heavy atom. The predicted octanol–water partition coefficient (Wildman–Crippen LogP) is 0.802. The number of carbonyl (C=O) groups is 2. The molecule has 0 atom stereocenters. The highest BCUT2D eigenvalue weighted by atomic mass is 32.1. The smallest absolute Gasteiger partial charge is 0.389 e. The maximum absolute atomic E-state index is 12.9. The number of nitrogens with two attached hydrogens (primary N) is 1. The quantitative estimate of drug-likeness (QED) is 0.623. The van der Waals surface area contributed by atoms with Crippen LogP contribution >= 0.6 is 12.2 Å². The first-order valence-corrected chi connectivity index (χ1v) is 6.18. The van der Waals surface area contributed by atoms with Crippen molar-refractivity contribution in [3.8, 4) is 0 Å². The number of nitrogens with zero attached hydrogens (tertiary/aromatic N) is 1. The molecule has 21 heavy (non-hydrogen) atoms. The fourth-order valence-electron chi connectivity index (χ4n) is 2.00. The van der Waals surface area contributed by atoms with E-state index in [9.17, 15) is 22.8 Å². The van der Waals surface area contributed by atoms with Crippen molar-refractivity contribution in [1.29, 1.82) is 0 Å². The number of benzene rings is 1. The van der Waals surface area contributed by atoms with Crippen molar-refractivity contribution >= 4 is 34.7 Å². The van der Waals surface area contributed by atoms with Gasteiger partial charge in [0.1, 0.15) is 4.99 Å². The van der Waals surface area contributed by atoms with Crippen molar-refractivity contribution in [2.75, 3.05) is 18.0 Å². The largest absolute Gasteiger partial charge is 0.417 e. The predicted molar refractivity (Wildman–Crippen MR) is 72.7 cm³/mol. The van der Waals surface area contributed by atoms with Crippen LogP contribution in [0, 0.1) is 0 Å². The van der Waals surface area contributed by atoms with Gasteiger partial charge in [0.25, 0.3) is 0 Å². The van der Waals surface area contributed by atoms with E-state index in [2.05, 4.69) is 17.5 Å². The van der Waals surface area contributed by atoms with E-state index < -0.39 is 28.5 Å². The highest BCUT2D eigenvalue weighted by molar-refractivity contribution is 7.80. The van der Waals surface area contributed by atoms with E-state index in [4.69, 9.17) is 5.73 Å². The molecule has 2 amide bonds. The van der Waals surface area contributed by atoms with E-state index in [1.165, 1.54) is 11.0 Å². The van der Waals surface area contributed by atoms with E-state index in [0.29, 0.717) is 0 Å². The molecule has 5 nitrogen and oxygen atoms in total. The molecule has 0 saturated carbocycles. The Bertz CT molecular complexity index is 615. The van der Waals surface area contributed by atoms with Crippen molar-refractivity contribution in [3.05, 3.63) is 29.3 Å². The summed E-state index contributed by atoms with van der Waals surface area (Å²) in [6.07, 6.45) is -4.59. The Labute approximate surface area is 122 Å². The molecule has 0 radical (unpaired) electrons. The van der Waals surface area contributed by atoms with E-state index >= 15 is 0 Å². The normalized spacial score (nSPS) is 15.9. The van der Waals surface area contributed by atoms with Crippen molar-refractivity contribution in [2.24, 2.45) is 5.73 Å². The molecule has 0 spiro atoms. The lowest BCUT2D eigenvalue weighted by Crippen LogP contribution is -2.51. The van der Waals surface area contributed by atoms with Crippen molar-refractivity contribution in [2.45, 2.75) is 6.18 Å². The number of hydrogen-bond acceptors (Lipinski definition) is 4. The summed E-state index contributed by atoms with van der Waals surface area (Å²) in [4.78, 5) is 23.5. The Morgan fingerprint density at radius 2 is 1.81 bits per heavy atom. The lowest BCUT2D eigenvalue weighted by atomic mass is 10.1. The molecular weight excluding hydrogens is 307 g/mol. The van der Waals surface area contributed by atoms with Crippen LogP contribution in [0.5, 0.6) is 0 Å². The zero-order chi connectivity index (χ0) is 15.8. The molecule has 9 heteroatoms. The van der Waals surface area contributed by atoms with Gasteiger partial charge in [0.15, 0.2) is 0 Å². The molecule has 0 unspecified atom stereocenters. The molecule has 1 heterocycles. The maximum Gasteiger partial charge on any atom is 0.417 e. The first-order chi connectivity index (χ1) is 9.68. The summed E-state index contributed by atoms with van der Waals surface area (Å²) in [5.74, 6) is -1.05. The average Bonchev–Trinajstić information content (AvgIpc) is 2.35. The van der Waals surface area contributed by atoms with Gasteiger partial charge in [-0.05, 0) is 18.2 Å². The number of halogens is 3. The first kappa shape index (κ1) is 15.2. The third kappa shape index (κ3) is 3.30. The molecule has 1 saturated heterocycles. The second kappa shape index (κ2) is 5.32. The third-order valence-corrected chi connectivity index (χ3v) is 3.11. The third-order valence-electron chi connectivity index (χ3n) is 2.89. The van der Waals surface area contributed by atoms with Crippen LogP contribution in [-0.4, -0.2) is 29.9 Å². The number of imide groups is 1. The number of anilines is 1. The minimum atomic E-state index is -4.59. The lowest BCUT2D eigenvalue weighted by Gasteiger charge is -2.28. The molecule has 1 aliphatic heterocycles. The molecule has 0 aliphatic carbocycles. The van der Waals surface area contributed by atoms with Crippen LogP contribution in [0.25, 0.3) is 0 Å². The molecule has 1 aromatic rings. The minimum Gasteiger partial charge on any atom is -0.389 e. The van der Waals surface area contributed by atoms with Gasteiger partial charge in [-0.15, -0.1) is 0 Å². The van der Waals surface area contributed by atoms with Crippen LogP contribution in [-0.2, 0) is 15.8 Å². The molecule has 2 rings (SSSR count). The fourth-order valence-corrected chi connectivity index (χ4v) is 2.17. The van der Waals surface area contributed by atoms with Crippen molar-refractivity contribution in [1.82, 2.24) is 5.32 Å². The van der Waals surface area contributed by atoms with E-state index in [0.717, 1.165) is 12.1 Å². The summed E-state index contributed by atoms with van der Waals surface area (Å²) in [5, 5.41) is 2.10. The zero-order valence-corrected chi connectivity index (χ0v) is 11.3. The van der Waals surface area contributed by atoms with Crippen LogP contribution in [0.4, 0.5) is 18.9 Å². The summed E-state index contributed by atoms with van der Waals surface area (Å²) in [5.41, 5.74) is 4.31.